The molecule has 0 spiro atoms. The van der Waals surface area contributed by atoms with Crippen LogP contribution in [-0.4, -0.2) is 18.4 Å². The zero-order chi connectivity index (χ0) is 15.5. The van der Waals surface area contributed by atoms with E-state index in [9.17, 15) is 9.59 Å². The summed E-state index contributed by atoms with van der Waals surface area (Å²) in [5.74, 6) is -0.0390. The number of esters is 1. The predicted molar refractivity (Wildman–Crippen MR) is 84.5 cm³/mol. The first-order valence-electron chi connectivity index (χ1n) is 7.89. The molecule has 1 aromatic carbocycles. The first-order chi connectivity index (χ1) is 10.1. The van der Waals surface area contributed by atoms with Gasteiger partial charge >= 0.3 is 5.97 Å². The average molecular weight is 290 g/mol. The van der Waals surface area contributed by atoms with Crippen molar-refractivity contribution in [3.8, 4) is 0 Å². The van der Waals surface area contributed by atoms with Crippen molar-refractivity contribution in [2.24, 2.45) is 0 Å². The van der Waals surface area contributed by atoms with Crippen LogP contribution in [0, 0.1) is 0 Å². The summed E-state index contributed by atoms with van der Waals surface area (Å²) in [5.41, 5.74) is 1.86. The molecule has 0 amide bonds. The lowest BCUT2D eigenvalue weighted by atomic mass is 10.0. The van der Waals surface area contributed by atoms with Gasteiger partial charge in [-0.1, -0.05) is 56.9 Å². The third kappa shape index (κ3) is 7.64. The van der Waals surface area contributed by atoms with Crippen LogP contribution >= 0.6 is 0 Å². The van der Waals surface area contributed by atoms with E-state index in [1.165, 1.54) is 26.2 Å². The first kappa shape index (κ1) is 17.4. The van der Waals surface area contributed by atoms with Gasteiger partial charge in [0, 0.05) is 25.3 Å². The van der Waals surface area contributed by atoms with Crippen LogP contribution in [0.1, 0.15) is 68.3 Å². The Morgan fingerprint density at radius 2 is 1.67 bits per heavy atom. The van der Waals surface area contributed by atoms with Gasteiger partial charge in [-0.25, -0.2) is 0 Å². The van der Waals surface area contributed by atoms with E-state index < -0.39 is 0 Å². The van der Waals surface area contributed by atoms with E-state index in [0.717, 1.165) is 24.0 Å². The molecule has 0 aromatic heterocycles. The summed E-state index contributed by atoms with van der Waals surface area (Å²) in [6, 6.07) is 7.62. The second-order valence-corrected chi connectivity index (χ2v) is 5.37. The summed E-state index contributed by atoms with van der Waals surface area (Å²) in [6.07, 6.45) is 7.14. The van der Waals surface area contributed by atoms with Crippen LogP contribution in [0.3, 0.4) is 0 Å². The van der Waals surface area contributed by atoms with Gasteiger partial charge in [0.1, 0.15) is 0 Å². The zero-order valence-corrected chi connectivity index (χ0v) is 13.2. The summed E-state index contributed by atoms with van der Waals surface area (Å²) >= 11 is 0. The molecule has 21 heavy (non-hydrogen) atoms. The Bertz CT molecular complexity index is 434. The van der Waals surface area contributed by atoms with Gasteiger partial charge in [-0.2, -0.15) is 0 Å². The SMILES string of the molecule is CCCCCCCC(=O)c1ccc(CCOC(C)=O)cc1. The number of unbranched alkanes of at least 4 members (excludes halogenated alkanes) is 4. The number of hydrogen-bond donors (Lipinski definition) is 0. The molecule has 1 rings (SSSR count). The molecular formula is C18H26O3. The van der Waals surface area contributed by atoms with Crippen LogP contribution in [0.15, 0.2) is 24.3 Å². The van der Waals surface area contributed by atoms with E-state index >= 15 is 0 Å². The number of ketones is 1. The lowest BCUT2D eigenvalue weighted by Crippen LogP contribution is -2.04. The van der Waals surface area contributed by atoms with Crippen molar-refractivity contribution in [1.82, 2.24) is 0 Å². The number of benzene rings is 1. The molecule has 0 aliphatic heterocycles. The standard InChI is InChI=1S/C18H26O3/c1-3-4-5-6-7-8-18(20)17-11-9-16(10-12-17)13-14-21-15(2)19/h9-12H,3-8,13-14H2,1-2H3. The molecule has 0 bridgehead atoms. The van der Waals surface area contributed by atoms with Gasteiger partial charge in [0.25, 0.3) is 0 Å². The Balaban J connectivity index is 2.32. The third-order valence-corrected chi connectivity index (χ3v) is 3.48. The lowest BCUT2D eigenvalue weighted by molar-refractivity contribution is -0.140. The monoisotopic (exact) mass is 290 g/mol. The molecule has 0 atom stereocenters. The van der Waals surface area contributed by atoms with Crippen molar-refractivity contribution in [1.29, 1.82) is 0 Å². The van der Waals surface area contributed by atoms with Gasteiger partial charge in [-0.3, -0.25) is 9.59 Å². The number of hydrogen-bond acceptors (Lipinski definition) is 3. The van der Waals surface area contributed by atoms with Gasteiger partial charge in [-0.15, -0.1) is 0 Å². The maximum Gasteiger partial charge on any atom is 0.302 e. The van der Waals surface area contributed by atoms with Crippen molar-refractivity contribution in [3.05, 3.63) is 35.4 Å². The van der Waals surface area contributed by atoms with Crippen LogP contribution in [0.5, 0.6) is 0 Å². The Morgan fingerprint density at radius 3 is 2.29 bits per heavy atom. The van der Waals surface area contributed by atoms with Crippen LogP contribution in [-0.2, 0) is 16.0 Å². The Kier molecular flexibility index (Phi) is 8.41. The lowest BCUT2D eigenvalue weighted by Gasteiger charge is -2.05. The minimum atomic E-state index is -0.259. The molecule has 0 N–H and O–H groups in total. The molecule has 3 heteroatoms. The van der Waals surface area contributed by atoms with Gasteiger partial charge in [-0.05, 0) is 12.0 Å². The second-order valence-electron chi connectivity index (χ2n) is 5.37. The Hall–Kier alpha value is -1.64. The fourth-order valence-electron chi connectivity index (χ4n) is 2.20. The van der Waals surface area contributed by atoms with Crippen molar-refractivity contribution in [3.63, 3.8) is 0 Å². The fraction of sp³-hybridized carbons (Fsp3) is 0.556. The molecule has 0 aliphatic rings. The number of ether oxygens (including phenoxy) is 1. The van der Waals surface area contributed by atoms with Crippen LogP contribution < -0.4 is 0 Å². The van der Waals surface area contributed by atoms with E-state index in [2.05, 4.69) is 6.92 Å². The maximum absolute atomic E-state index is 12.0. The summed E-state index contributed by atoms with van der Waals surface area (Å²) in [7, 11) is 0. The topological polar surface area (TPSA) is 43.4 Å². The molecule has 116 valence electrons. The van der Waals surface area contributed by atoms with Crippen molar-refractivity contribution in [2.75, 3.05) is 6.61 Å². The van der Waals surface area contributed by atoms with E-state index in [-0.39, 0.29) is 11.8 Å². The summed E-state index contributed by atoms with van der Waals surface area (Å²) < 4.78 is 4.90. The van der Waals surface area contributed by atoms with Gasteiger partial charge in [0.05, 0.1) is 6.61 Å². The third-order valence-electron chi connectivity index (χ3n) is 3.48. The molecule has 0 unspecified atom stereocenters. The maximum atomic E-state index is 12.0. The minimum Gasteiger partial charge on any atom is -0.466 e. The quantitative estimate of drug-likeness (QED) is 0.366. The predicted octanol–water partition coefficient (Wildman–Crippen LogP) is 4.34. The molecule has 0 radical (unpaired) electrons. The summed E-state index contributed by atoms with van der Waals surface area (Å²) in [4.78, 5) is 22.7. The highest BCUT2D eigenvalue weighted by atomic mass is 16.5. The molecule has 3 nitrogen and oxygen atoms in total. The van der Waals surface area contributed by atoms with E-state index in [1.54, 1.807) is 0 Å². The highest BCUT2D eigenvalue weighted by Gasteiger charge is 2.05. The Morgan fingerprint density at radius 1 is 1.00 bits per heavy atom. The summed E-state index contributed by atoms with van der Waals surface area (Å²) in [6.45, 7) is 3.98. The van der Waals surface area contributed by atoms with Crippen LogP contribution in [0.4, 0.5) is 0 Å². The van der Waals surface area contributed by atoms with E-state index in [0.29, 0.717) is 19.4 Å². The second kappa shape index (κ2) is 10.1. The molecule has 0 fully saturated rings. The smallest absolute Gasteiger partial charge is 0.302 e. The highest BCUT2D eigenvalue weighted by Crippen LogP contribution is 2.11. The number of rotatable bonds is 10. The average Bonchev–Trinajstić information content (AvgIpc) is 2.47. The number of Topliss-reactive ketones (excluding diaryl/α,β-unsaturated/α-hetero) is 1. The fourth-order valence-corrected chi connectivity index (χ4v) is 2.20. The van der Waals surface area contributed by atoms with E-state index in [4.69, 9.17) is 4.74 Å². The minimum absolute atomic E-state index is 0.220. The highest BCUT2D eigenvalue weighted by molar-refractivity contribution is 5.96. The normalized spacial score (nSPS) is 10.4. The largest absolute Gasteiger partial charge is 0.466 e. The molecular weight excluding hydrogens is 264 g/mol. The van der Waals surface area contributed by atoms with Crippen molar-refractivity contribution < 1.29 is 14.3 Å². The van der Waals surface area contributed by atoms with E-state index in [1.807, 2.05) is 24.3 Å². The Labute approximate surface area is 127 Å². The van der Waals surface area contributed by atoms with Crippen molar-refractivity contribution >= 4 is 11.8 Å². The van der Waals surface area contributed by atoms with Crippen LogP contribution in [0.25, 0.3) is 0 Å². The van der Waals surface area contributed by atoms with Crippen molar-refractivity contribution in [2.45, 2.75) is 58.8 Å². The molecule has 0 heterocycles. The molecule has 0 saturated carbocycles. The number of carbonyl (C=O) groups excluding carboxylic acids is 2. The summed E-state index contributed by atoms with van der Waals surface area (Å²) in [5, 5.41) is 0. The first-order valence-corrected chi connectivity index (χ1v) is 7.89. The van der Waals surface area contributed by atoms with Gasteiger partial charge in [0.15, 0.2) is 5.78 Å². The van der Waals surface area contributed by atoms with Gasteiger partial charge in [0.2, 0.25) is 0 Å². The molecule has 0 saturated heterocycles. The van der Waals surface area contributed by atoms with Gasteiger partial charge < -0.3 is 4.74 Å². The van der Waals surface area contributed by atoms with Crippen LogP contribution in [0.2, 0.25) is 0 Å². The molecule has 0 aliphatic carbocycles. The molecule has 1 aromatic rings. The zero-order valence-electron chi connectivity index (χ0n) is 13.2. The number of carbonyl (C=O) groups is 2.